The Labute approximate surface area is 261 Å². The van der Waals surface area contributed by atoms with Gasteiger partial charge in [-0.15, -0.1) is 0 Å². The molecule has 0 aromatic rings. The molecule has 0 radical (unpaired) electrons. The van der Waals surface area contributed by atoms with E-state index in [-0.39, 0.29) is 26.1 Å². The third-order valence-electron chi connectivity index (χ3n) is 6.43. The van der Waals surface area contributed by atoms with Crippen molar-refractivity contribution in [3.63, 3.8) is 0 Å². The highest BCUT2D eigenvalue weighted by atomic mass is 31.2. The van der Waals surface area contributed by atoms with Gasteiger partial charge >= 0.3 is 19.8 Å². The zero-order valence-corrected chi connectivity index (χ0v) is 28.6. The number of carbonyl (C=O) groups excluding carboxylic acids is 2. The second kappa shape index (κ2) is 26.6. The number of esters is 2. The van der Waals surface area contributed by atoms with Gasteiger partial charge in [-0.1, -0.05) is 88.8 Å². The number of phosphoric ester groups is 1. The number of phosphoric acid groups is 1. The topological polar surface area (TPSA) is 108 Å². The summed E-state index contributed by atoms with van der Waals surface area (Å²) in [6, 6.07) is 0. The quantitative estimate of drug-likeness (QED) is 0.0306. The van der Waals surface area contributed by atoms with Crippen LogP contribution in [-0.2, 0) is 32.7 Å². The molecule has 2 atom stereocenters. The van der Waals surface area contributed by atoms with E-state index in [1.807, 2.05) is 21.1 Å². The van der Waals surface area contributed by atoms with Gasteiger partial charge in [-0.25, -0.2) is 4.57 Å². The Morgan fingerprint density at radius 2 is 1.33 bits per heavy atom. The summed E-state index contributed by atoms with van der Waals surface area (Å²) in [5.74, 6) is -0.845. The van der Waals surface area contributed by atoms with Crippen molar-refractivity contribution < 1.29 is 42.1 Å². The molecule has 0 saturated carbocycles. The average molecular weight is 631 g/mol. The summed E-state index contributed by atoms with van der Waals surface area (Å²) in [4.78, 5) is 34.6. The van der Waals surface area contributed by atoms with Gasteiger partial charge in [0.15, 0.2) is 6.10 Å². The van der Waals surface area contributed by atoms with Crippen LogP contribution in [0.15, 0.2) is 36.5 Å². The van der Waals surface area contributed by atoms with Crippen LogP contribution < -0.4 is 0 Å². The molecule has 1 N–H and O–H groups in total. The molecule has 0 bridgehead atoms. The SMILES string of the molecule is CC/C=C\C/C=C\C/C=C\CCCCCCCC(=O)OC(COC(=O)CCCCCC)COP(=O)(O)OCC[N+](C)(C)C. The smallest absolute Gasteiger partial charge is 0.462 e. The standard InChI is InChI=1S/C33H60NO8P/c1-6-8-10-12-13-14-15-16-17-18-19-20-21-22-24-26-33(36)42-31(29-39-32(35)25-23-11-9-7-2)30-41-43(37,38)40-28-27-34(3,4)5/h8,10,13-14,16-17,31H,6-7,9,11-12,15,18-30H2,1-5H3/p+1/b10-8-,14-13-,17-16-. The zero-order chi connectivity index (χ0) is 32.2. The molecule has 9 nitrogen and oxygen atoms in total. The Hall–Kier alpha value is -1.77. The molecule has 0 heterocycles. The van der Waals surface area contributed by atoms with E-state index in [2.05, 4.69) is 50.3 Å². The molecule has 250 valence electrons. The van der Waals surface area contributed by atoms with E-state index in [4.69, 9.17) is 18.5 Å². The number of carbonyl (C=O) groups is 2. The van der Waals surface area contributed by atoms with Crippen LogP contribution >= 0.6 is 7.82 Å². The fourth-order valence-electron chi connectivity index (χ4n) is 3.85. The van der Waals surface area contributed by atoms with Crippen LogP contribution in [-0.4, -0.2) is 74.9 Å². The highest BCUT2D eigenvalue weighted by Gasteiger charge is 2.27. The third-order valence-corrected chi connectivity index (χ3v) is 7.42. The van der Waals surface area contributed by atoms with Crippen molar-refractivity contribution in [2.24, 2.45) is 0 Å². The molecule has 10 heteroatoms. The normalized spacial score (nSPS) is 14.5. The molecular formula is C33H61NO8P+. The summed E-state index contributed by atoms with van der Waals surface area (Å²) in [5.41, 5.74) is 0. The summed E-state index contributed by atoms with van der Waals surface area (Å²) >= 11 is 0. The highest BCUT2D eigenvalue weighted by molar-refractivity contribution is 7.47. The third kappa shape index (κ3) is 30.1. The van der Waals surface area contributed by atoms with Crippen molar-refractivity contribution in [3.05, 3.63) is 36.5 Å². The first kappa shape index (κ1) is 41.2. The van der Waals surface area contributed by atoms with Gasteiger partial charge in [-0.3, -0.25) is 18.6 Å². The number of allylic oxidation sites excluding steroid dienone is 6. The van der Waals surface area contributed by atoms with Crippen LogP contribution in [0.1, 0.15) is 110 Å². The molecule has 2 unspecified atom stereocenters. The maximum Gasteiger partial charge on any atom is 0.472 e. The number of hydrogen-bond donors (Lipinski definition) is 1. The van der Waals surface area contributed by atoms with E-state index in [0.29, 0.717) is 17.4 Å². The molecule has 0 aliphatic carbocycles. The van der Waals surface area contributed by atoms with Crippen LogP contribution in [0.3, 0.4) is 0 Å². The Bertz CT molecular complexity index is 850. The number of unbranched alkanes of at least 4 members (excludes halogenated alkanes) is 8. The predicted molar refractivity (Wildman–Crippen MR) is 173 cm³/mol. The molecule has 0 fully saturated rings. The molecule has 43 heavy (non-hydrogen) atoms. The minimum atomic E-state index is -4.35. The molecule has 0 saturated heterocycles. The number of likely N-dealkylation sites (N-methyl/N-ethyl adjacent to an activating group) is 1. The van der Waals surface area contributed by atoms with Crippen molar-refractivity contribution in [1.29, 1.82) is 0 Å². The fourth-order valence-corrected chi connectivity index (χ4v) is 4.59. The molecule has 0 rings (SSSR count). The van der Waals surface area contributed by atoms with Crippen molar-refractivity contribution in [2.45, 2.75) is 116 Å². The van der Waals surface area contributed by atoms with Gasteiger partial charge in [0.05, 0.1) is 27.7 Å². The van der Waals surface area contributed by atoms with Gasteiger partial charge in [-0.05, 0) is 44.9 Å². The summed E-state index contributed by atoms with van der Waals surface area (Å²) in [6.07, 6.45) is 25.4. The maximum atomic E-state index is 12.5. The van der Waals surface area contributed by atoms with Gasteiger partial charge in [0.2, 0.25) is 0 Å². The lowest BCUT2D eigenvalue weighted by Crippen LogP contribution is -2.37. The molecule has 0 amide bonds. The number of hydrogen-bond acceptors (Lipinski definition) is 7. The lowest BCUT2D eigenvalue weighted by Gasteiger charge is -2.24. The van der Waals surface area contributed by atoms with Crippen molar-refractivity contribution in [1.82, 2.24) is 0 Å². The lowest BCUT2D eigenvalue weighted by molar-refractivity contribution is -0.870. The lowest BCUT2D eigenvalue weighted by atomic mass is 10.1. The zero-order valence-electron chi connectivity index (χ0n) is 27.7. The first-order chi connectivity index (χ1) is 20.5. The van der Waals surface area contributed by atoms with E-state index in [1.165, 1.54) is 0 Å². The Kier molecular flexibility index (Phi) is 25.5. The molecule has 0 aromatic heterocycles. The van der Waals surface area contributed by atoms with Gasteiger partial charge in [0, 0.05) is 12.8 Å². The number of rotatable bonds is 28. The van der Waals surface area contributed by atoms with Gasteiger partial charge in [-0.2, -0.15) is 0 Å². The van der Waals surface area contributed by atoms with Crippen molar-refractivity contribution >= 4 is 19.8 Å². The first-order valence-corrected chi connectivity index (χ1v) is 17.7. The molecule has 0 aromatic carbocycles. The summed E-state index contributed by atoms with van der Waals surface area (Å²) in [5, 5.41) is 0. The second-order valence-electron chi connectivity index (χ2n) is 11.8. The van der Waals surface area contributed by atoms with Gasteiger partial charge < -0.3 is 18.9 Å². The number of quaternary nitrogens is 1. The highest BCUT2D eigenvalue weighted by Crippen LogP contribution is 2.43. The van der Waals surface area contributed by atoms with E-state index in [1.54, 1.807) is 0 Å². The fraction of sp³-hybridized carbons (Fsp3) is 0.758. The molecule has 0 spiro atoms. The average Bonchev–Trinajstić information content (AvgIpc) is 2.94. The van der Waals surface area contributed by atoms with Crippen LogP contribution in [0.2, 0.25) is 0 Å². The van der Waals surface area contributed by atoms with Crippen molar-refractivity contribution in [3.8, 4) is 0 Å². The van der Waals surface area contributed by atoms with Crippen LogP contribution in [0.4, 0.5) is 0 Å². The number of nitrogens with zero attached hydrogens (tertiary/aromatic N) is 1. The minimum Gasteiger partial charge on any atom is -0.462 e. The predicted octanol–water partition coefficient (Wildman–Crippen LogP) is 7.84. The second-order valence-corrected chi connectivity index (χ2v) is 13.3. The Balaban J connectivity index is 4.42. The Morgan fingerprint density at radius 3 is 1.98 bits per heavy atom. The van der Waals surface area contributed by atoms with E-state index in [0.717, 1.165) is 77.0 Å². The van der Waals surface area contributed by atoms with Crippen molar-refractivity contribution in [2.75, 3.05) is 47.5 Å². The molecular weight excluding hydrogens is 569 g/mol. The summed E-state index contributed by atoms with van der Waals surface area (Å²) in [6.45, 7) is 4.11. The van der Waals surface area contributed by atoms with Gasteiger partial charge in [0.25, 0.3) is 0 Å². The largest absolute Gasteiger partial charge is 0.472 e. The van der Waals surface area contributed by atoms with Crippen LogP contribution in [0, 0.1) is 0 Å². The van der Waals surface area contributed by atoms with Crippen LogP contribution in [0.5, 0.6) is 0 Å². The van der Waals surface area contributed by atoms with Crippen LogP contribution in [0.25, 0.3) is 0 Å². The minimum absolute atomic E-state index is 0.0271. The molecule has 0 aliphatic rings. The van der Waals surface area contributed by atoms with Gasteiger partial charge in [0.1, 0.15) is 19.8 Å². The molecule has 0 aliphatic heterocycles. The van der Waals surface area contributed by atoms with E-state index in [9.17, 15) is 19.0 Å². The van der Waals surface area contributed by atoms with E-state index >= 15 is 0 Å². The summed E-state index contributed by atoms with van der Waals surface area (Å²) < 4.78 is 33.7. The monoisotopic (exact) mass is 630 g/mol. The number of ether oxygens (including phenoxy) is 2. The first-order valence-electron chi connectivity index (χ1n) is 16.2. The van der Waals surface area contributed by atoms with E-state index < -0.39 is 32.5 Å². The summed E-state index contributed by atoms with van der Waals surface area (Å²) in [7, 11) is 1.45. The Morgan fingerprint density at radius 1 is 0.744 bits per heavy atom. The maximum absolute atomic E-state index is 12.5.